The molecule has 0 bridgehead atoms. The monoisotopic (exact) mass is 350 g/mol. The van der Waals surface area contributed by atoms with Gasteiger partial charge in [0, 0.05) is 12.1 Å². The Morgan fingerprint density at radius 2 is 2.16 bits per heavy atom. The molecular formula is C12H16BrClN2O3. The average molecular weight is 352 g/mol. The van der Waals surface area contributed by atoms with Gasteiger partial charge in [0.1, 0.15) is 0 Å². The third-order valence-electron chi connectivity index (χ3n) is 2.61. The lowest BCUT2D eigenvalue weighted by molar-refractivity contribution is 0.0952. The molecule has 1 aromatic carbocycles. The molecule has 19 heavy (non-hydrogen) atoms. The van der Waals surface area contributed by atoms with Gasteiger partial charge >= 0.3 is 0 Å². The summed E-state index contributed by atoms with van der Waals surface area (Å²) in [6, 6.07) is 3.41. The number of unbranched alkanes of at least 4 members (excludes halogenated alkanes) is 1. The first kappa shape index (κ1) is 16.1. The summed E-state index contributed by atoms with van der Waals surface area (Å²) < 4.78 is 11.3. The molecule has 0 fully saturated rings. The lowest BCUT2D eigenvalue weighted by Crippen LogP contribution is -2.24. The number of hydrogen-bond donors (Lipinski definition) is 2. The molecule has 0 saturated carbocycles. The minimum Gasteiger partial charge on any atom is -0.454 e. The Labute approximate surface area is 126 Å². The van der Waals surface area contributed by atoms with Gasteiger partial charge in [0.15, 0.2) is 11.5 Å². The van der Waals surface area contributed by atoms with Crippen LogP contribution in [0.4, 0.5) is 0 Å². The molecule has 2 rings (SSSR count). The molecular weight excluding hydrogens is 336 g/mol. The summed E-state index contributed by atoms with van der Waals surface area (Å²) in [5, 5.41) is 2.84. The van der Waals surface area contributed by atoms with E-state index in [-0.39, 0.29) is 25.1 Å². The van der Waals surface area contributed by atoms with Crippen molar-refractivity contribution in [3.63, 3.8) is 0 Å². The highest BCUT2D eigenvalue weighted by molar-refractivity contribution is 9.10. The van der Waals surface area contributed by atoms with E-state index in [0.29, 0.717) is 30.2 Å². The molecule has 1 heterocycles. The SMILES string of the molecule is Cl.NCCCCNC(=O)c1cc(Br)c2c(c1)OCO2. The van der Waals surface area contributed by atoms with Crippen LogP contribution in [0.3, 0.4) is 0 Å². The summed E-state index contributed by atoms with van der Waals surface area (Å²) in [7, 11) is 0. The zero-order chi connectivity index (χ0) is 13.0. The van der Waals surface area contributed by atoms with Crippen LogP contribution in [0.25, 0.3) is 0 Å². The fourth-order valence-corrected chi connectivity index (χ4v) is 2.23. The molecule has 0 saturated heterocycles. The molecule has 1 aliphatic heterocycles. The van der Waals surface area contributed by atoms with E-state index in [2.05, 4.69) is 21.2 Å². The van der Waals surface area contributed by atoms with Crippen LogP contribution in [0.1, 0.15) is 23.2 Å². The van der Waals surface area contributed by atoms with Crippen molar-refractivity contribution in [1.29, 1.82) is 0 Å². The fourth-order valence-electron chi connectivity index (χ4n) is 1.67. The summed E-state index contributed by atoms with van der Waals surface area (Å²) in [5.41, 5.74) is 5.94. The van der Waals surface area contributed by atoms with Crippen molar-refractivity contribution in [3.8, 4) is 11.5 Å². The Kier molecular flexibility index (Phi) is 6.41. The second-order valence-corrected chi connectivity index (χ2v) is 4.80. The Morgan fingerprint density at radius 3 is 2.89 bits per heavy atom. The maximum Gasteiger partial charge on any atom is 0.251 e. The van der Waals surface area contributed by atoms with Gasteiger partial charge in [0.2, 0.25) is 6.79 Å². The van der Waals surface area contributed by atoms with Crippen LogP contribution in [0, 0.1) is 0 Å². The number of fused-ring (bicyclic) bond motifs is 1. The van der Waals surface area contributed by atoms with E-state index in [1.165, 1.54) is 0 Å². The lowest BCUT2D eigenvalue weighted by atomic mass is 10.2. The quantitative estimate of drug-likeness (QED) is 0.797. The molecule has 0 radical (unpaired) electrons. The van der Waals surface area contributed by atoms with Gasteiger partial charge < -0.3 is 20.5 Å². The van der Waals surface area contributed by atoms with E-state index in [0.717, 1.165) is 17.3 Å². The summed E-state index contributed by atoms with van der Waals surface area (Å²) in [6.45, 7) is 1.46. The third kappa shape index (κ3) is 3.99. The molecule has 1 aliphatic rings. The molecule has 3 N–H and O–H groups in total. The molecule has 1 amide bonds. The standard InChI is InChI=1S/C12H15BrN2O3.ClH/c13-9-5-8(6-10-11(9)18-7-17-10)12(16)15-4-2-1-3-14;/h5-6H,1-4,7,14H2,(H,15,16);1H. The highest BCUT2D eigenvalue weighted by Crippen LogP contribution is 2.39. The Balaban J connectivity index is 0.00000180. The number of nitrogens with one attached hydrogen (secondary N) is 1. The van der Waals surface area contributed by atoms with Gasteiger partial charge in [-0.25, -0.2) is 0 Å². The van der Waals surface area contributed by atoms with Crippen molar-refractivity contribution in [3.05, 3.63) is 22.2 Å². The zero-order valence-electron chi connectivity index (χ0n) is 10.3. The first-order valence-electron chi connectivity index (χ1n) is 5.80. The van der Waals surface area contributed by atoms with Crippen molar-refractivity contribution >= 4 is 34.2 Å². The van der Waals surface area contributed by atoms with Crippen LogP contribution < -0.4 is 20.5 Å². The van der Waals surface area contributed by atoms with Crippen molar-refractivity contribution in [1.82, 2.24) is 5.32 Å². The number of carbonyl (C=O) groups is 1. The first-order chi connectivity index (χ1) is 8.72. The largest absolute Gasteiger partial charge is 0.454 e. The smallest absolute Gasteiger partial charge is 0.251 e. The minimum absolute atomic E-state index is 0. The molecule has 0 aromatic heterocycles. The van der Waals surface area contributed by atoms with Crippen molar-refractivity contribution in [2.75, 3.05) is 19.9 Å². The lowest BCUT2D eigenvalue weighted by Gasteiger charge is -2.06. The highest BCUT2D eigenvalue weighted by atomic mass is 79.9. The van der Waals surface area contributed by atoms with Gasteiger partial charge in [-0.05, 0) is 47.4 Å². The molecule has 5 nitrogen and oxygen atoms in total. The normalized spacial score (nSPS) is 11.9. The van der Waals surface area contributed by atoms with E-state index in [9.17, 15) is 4.79 Å². The second kappa shape index (κ2) is 7.57. The van der Waals surface area contributed by atoms with Crippen LogP contribution in [0.2, 0.25) is 0 Å². The third-order valence-corrected chi connectivity index (χ3v) is 3.19. The van der Waals surface area contributed by atoms with Crippen LogP contribution in [-0.2, 0) is 0 Å². The van der Waals surface area contributed by atoms with Gasteiger partial charge in [0.05, 0.1) is 4.47 Å². The first-order valence-corrected chi connectivity index (χ1v) is 6.59. The van der Waals surface area contributed by atoms with Crippen LogP contribution in [-0.4, -0.2) is 25.8 Å². The number of halogens is 2. The predicted molar refractivity (Wildman–Crippen MR) is 78.1 cm³/mol. The molecule has 1 aromatic rings. The number of rotatable bonds is 5. The van der Waals surface area contributed by atoms with E-state index < -0.39 is 0 Å². The molecule has 0 atom stereocenters. The van der Waals surface area contributed by atoms with Crippen molar-refractivity contribution in [2.45, 2.75) is 12.8 Å². The number of ether oxygens (including phenoxy) is 2. The van der Waals surface area contributed by atoms with Gasteiger partial charge in [-0.1, -0.05) is 0 Å². The second-order valence-electron chi connectivity index (χ2n) is 3.94. The van der Waals surface area contributed by atoms with Crippen molar-refractivity contribution in [2.24, 2.45) is 5.73 Å². The number of amides is 1. The number of nitrogens with two attached hydrogens (primary N) is 1. The Hall–Kier alpha value is -0.980. The Bertz CT molecular complexity index is 457. The summed E-state index contributed by atoms with van der Waals surface area (Å²) in [6.07, 6.45) is 1.79. The van der Waals surface area contributed by atoms with Gasteiger partial charge in [-0.2, -0.15) is 0 Å². The van der Waals surface area contributed by atoms with E-state index in [4.69, 9.17) is 15.2 Å². The maximum atomic E-state index is 11.9. The van der Waals surface area contributed by atoms with E-state index in [1.807, 2.05) is 0 Å². The van der Waals surface area contributed by atoms with Gasteiger partial charge in [-0.3, -0.25) is 4.79 Å². The van der Waals surface area contributed by atoms with Crippen LogP contribution in [0.5, 0.6) is 11.5 Å². The maximum absolute atomic E-state index is 11.9. The summed E-state index contributed by atoms with van der Waals surface area (Å²) in [4.78, 5) is 11.9. The molecule has 0 spiro atoms. The minimum atomic E-state index is -0.119. The number of benzene rings is 1. The van der Waals surface area contributed by atoms with Crippen molar-refractivity contribution < 1.29 is 14.3 Å². The predicted octanol–water partition coefficient (Wildman–Crippen LogP) is 2.07. The summed E-state index contributed by atoms with van der Waals surface area (Å²) >= 11 is 3.36. The highest BCUT2D eigenvalue weighted by Gasteiger charge is 2.20. The molecule has 0 unspecified atom stereocenters. The molecule has 106 valence electrons. The fraction of sp³-hybridized carbons (Fsp3) is 0.417. The van der Waals surface area contributed by atoms with E-state index in [1.54, 1.807) is 12.1 Å². The van der Waals surface area contributed by atoms with Gasteiger partial charge in [0.25, 0.3) is 5.91 Å². The molecule has 0 aliphatic carbocycles. The van der Waals surface area contributed by atoms with Crippen LogP contribution in [0.15, 0.2) is 16.6 Å². The topological polar surface area (TPSA) is 73.6 Å². The van der Waals surface area contributed by atoms with Crippen LogP contribution >= 0.6 is 28.3 Å². The molecule has 7 heteroatoms. The number of carbonyl (C=O) groups excluding carboxylic acids is 1. The average Bonchev–Trinajstić information content (AvgIpc) is 2.83. The van der Waals surface area contributed by atoms with E-state index >= 15 is 0 Å². The Morgan fingerprint density at radius 1 is 1.37 bits per heavy atom. The zero-order valence-corrected chi connectivity index (χ0v) is 12.7. The summed E-state index contributed by atoms with van der Waals surface area (Å²) in [5.74, 6) is 1.12. The number of hydrogen-bond acceptors (Lipinski definition) is 4. The van der Waals surface area contributed by atoms with Gasteiger partial charge in [-0.15, -0.1) is 12.4 Å².